The molecule has 2 atom stereocenters. The van der Waals surface area contributed by atoms with Gasteiger partial charge in [0.15, 0.2) is 5.82 Å². The molecule has 0 saturated heterocycles. The van der Waals surface area contributed by atoms with Crippen LogP contribution >= 0.6 is 0 Å². The van der Waals surface area contributed by atoms with Crippen LogP contribution in [-0.2, 0) is 22.4 Å². The zero-order valence-corrected chi connectivity index (χ0v) is 20.6. The lowest BCUT2D eigenvalue weighted by molar-refractivity contribution is -0.123. The Labute approximate surface area is 210 Å². The zero-order chi connectivity index (χ0) is 26.1. The summed E-state index contributed by atoms with van der Waals surface area (Å²) in [5, 5.41) is 16.8. The number of benzene rings is 2. The molecule has 0 bridgehead atoms. The van der Waals surface area contributed by atoms with Gasteiger partial charge in [-0.2, -0.15) is 4.98 Å². The maximum Gasteiger partial charge on any atom is 0.404 e. The van der Waals surface area contributed by atoms with E-state index in [1.54, 1.807) is 12.1 Å². The Morgan fingerprint density at radius 3 is 2.50 bits per heavy atom. The number of aromatic nitrogens is 2. The first-order valence-corrected chi connectivity index (χ1v) is 11.9. The lowest BCUT2D eigenvalue weighted by Gasteiger charge is -2.20. The summed E-state index contributed by atoms with van der Waals surface area (Å²) in [5.74, 6) is 0.611. The van der Waals surface area contributed by atoms with Crippen LogP contribution in [0.5, 0.6) is 5.75 Å². The smallest absolute Gasteiger partial charge is 0.404 e. The van der Waals surface area contributed by atoms with Crippen molar-refractivity contribution in [2.45, 2.75) is 58.0 Å². The molecule has 6 N–H and O–H groups in total. The van der Waals surface area contributed by atoms with Crippen LogP contribution < -0.4 is 16.8 Å². The predicted molar refractivity (Wildman–Crippen MR) is 133 cm³/mol. The van der Waals surface area contributed by atoms with Crippen molar-refractivity contribution in [1.29, 1.82) is 0 Å². The number of nitrogens with two attached hydrogens (primary N) is 2. The lowest BCUT2D eigenvalue weighted by atomic mass is 9.95. The number of amides is 2. The molecule has 0 aliphatic carbocycles. The number of unbranched alkanes of at least 4 members (excludes halogenated alkanes) is 1. The van der Waals surface area contributed by atoms with Gasteiger partial charge in [-0.25, -0.2) is 4.79 Å². The van der Waals surface area contributed by atoms with Crippen molar-refractivity contribution in [2.75, 3.05) is 6.61 Å². The number of hydrogen-bond acceptors (Lipinski definition) is 8. The number of hydrogen-bond donors (Lipinski definition) is 4. The summed E-state index contributed by atoms with van der Waals surface area (Å²) in [4.78, 5) is 28.3. The van der Waals surface area contributed by atoms with E-state index in [1.807, 2.05) is 44.2 Å². The molecule has 0 aliphatic heterocycles. The van der Waals surface area contributed by atoms with Crippen LogP contribution in [0.25, 0.3) is 0 Å². The molecule has 3 aromatic rings. The molecule has 0 unspecified atom stereocenters. The topological polar surface area (TPSA) is 167 Å². The highest BCUT2D eigenvalue weighted by Gasteiger charge is 2.25. The van der Waals surface area contributed by atoms with Crippen LogP contribution in [0.2, 0.25) is 0 Å². The average molecular weight is 496 g/mol. The molecule has 1 heterocycles. The second-order valence-corrected chi connectivity index (χ2v) is 8.80. The number of aromatic hydroxyl groups is 1. The fraction of sp³-hybridized carbons (Fsp3) is 0.385. The minimum absolute atomic E-state index is 0.176. The fourth-order valence-electron chi connectivity index (χ4n) is 4.02. The molecule has 10 nitrogen and oxygen atoms in total. The highest BCUT2D eigenvalue weighted by atomic mass is 16.5. The van der Waals surface area contributed by atoms with Crippen LogP contribution in [0.3, 0.4) is 0 Å². The van der Waals surface area contributed by atoms with E-state index < -0.39 is 18.2 Å². The standard InChI is InChI=1S/C26H33N5O5/c1-16-12-19(32)13-17(2)20(16)15-21(27)24(33)29-22(10-6-7-11-35-26(28)34)25-30-23(31-36-25)14-18-8-4-3-5-9-18/h3-5,8-9,12-13,21-22,32H,6-7,10-11,14-15,27H2,1-2H3,(H2,28,34)(H,29,33)/t21-,22-/m1/s1. The number of aryl methyl sites for hydroxylation is 2. The molecule has 36 heavy (non-hydrogen) atoms. The molecule has 0 aliphatic rings. The van der Waals surface area contributed by atoms with Crippen LogP contribution in [-0.4, -0.2) is 39.9 Å². The molecule has 3 rings (SSSR count). The van der Waals surface area contributed by atoms with Gasteiger partial charge >= 0.3 is 6.09 Å². The Balaban J connectivity index is 1.69. The highest BCUT2D eigenvalue weighted by molar-refractivity contribution is 5.82. The number of phenolic OH excluding ortho intramolecular Hbond substituents is 1. The third-order valence-electron chi connectivity index (χ3n) is 5.88. The molecule has 0 saturated carbocycles. The maximum absolute atomic E-state index is 13.0. The van der Waals surface area contributed by atoms with E-state index in [1.165, 1.54) is 0 Å². The Hall–Kier alpha value is -3.92. The van der Waals surface area contributed by atoms with Crippen LogP contribution in [0.4, 0.5) is 4.79 Å². The molecule has 0 radical (unpaired) electrons. The van der Waals surface area contributed by atoms with Crippen LogP contribution in [0.1, 0.15) is 59.3 Å². The number of nitrogens with one attached hydrogen (secondary N) is 1. The van der Waals surface area contributed by atoms with Crippen molar-refractivity contribution < 1.29 is 24.0 Å². The van der Waals surface area contributed by atoms with Crippen molar-refractivity contribution in [3.8, 4) is 5.75 Å². The molecule has 0 fully saturated rings. The van der Waals surface area contributed by atoms with Gasteiger partial charge in [0.2, 0.25) is 11.8 Å². The number of primary amides is 1. The number of carbonyl (C=O) groups is 2. The molecular weight excluding hydrogens is 462 g/mol. The number of rotatable bonds is 12. The van der Waals surface area contributed by atoms with Gasteiger partial charge in [0.1, 0.15) is 11.8 Å². The SMILES string of the molecule is Cc1cc(O)cc(C)c1C[C@@H](N)C(=O)N[C@H](CCCCOC(N)=O)c1nc(Cc2ccccc2)no1. The van der Waals surface area contributed by atoms with Crippen molar-refractivity contribution in [1.82, 2.24) is 15.5 Å². The Bertz CT molecular complexity index is 1140. The second-order valence-electron chi connectivity index (χ2n) is 8.80. The van der Waals surface area contributed by atoms with Gasteiger partial charge in [0, 0.05) is 6.42 Å². The van der Waals surface area contributed by atoms with Crippen molar-refractivity contribution in [2.24, 2.45) is 11.5 Å². The average Bonchev–Trinajstić information content (AvgIpc) is 3.28. The van der Waals surface area contributed by atoms with Crippen LogP contribution in [0, 0.1) is 13.8 Å². The molecular formula is C26H33N5O5. The summed E-state index contributed by atoms with van der Waals surface area (Å²) in [6, 6.07) is 11.7. The third-order valence-corrected chi connectivity index (χ3v) is 5.88. The summed E-state index contributed by atoms with van der Waals surface area (Å²) in [7, 11) is 0. The van der Waals surface area contributed by atoms with Crippen molar-refractivity contribution >= 4 is 12.0 Å². The second kappa shape index (κ2) is 12.7. The zero-order valence-electron chi connectivity index (χ0n) is 20.6. The predicted octanol–water partition coefficient (Wildman–Crippen LogP) is 2.98. The van der Waals surface area contributed by atoms with E-state index in [-0.39, 0.29) is 24.2 Å². The first-order chi connectivity index (χ1) is 17.2. The van der Waals surface area contributed by atoms with Gasteiger partial charge < -0.3 is 31.2 Å². The molecule has 192 valence electrons. The minimum atomic E-state index is -0.826. The summed E-state index contributed by atoms with van der Waals surface area (Å²) >= 11 is 0. The molecule has 0 spiro atoms. The summed E-state index contributed by atoms with van der Waals surface area (Å²) in [6.45, 7) is 3.92. The molecule has 2 amide bonds. The van der Waals surface area contributed by atoms with E-state index in [9.17, 15) is 14.7 Å². The van der Waals surface area contributed by atoms with Crippen molar-refractivity contribution in [3.05, 3.63) is 76.4 Å². The lowest BCUT2D eigenvalue weighted by Crippen LogP contribution is -2.43. The number of ether oxygens (including phenoxy) is 1. The van der Waals surface area contributed by atoms with Crippen molar-refractivity contribution in [3.63, 3.8) is 0 Å². The monoisotopic (exact) mass is 495 g/mol. The summed E-state index contributed by atoms with van der Waals surface area (Å²) < 4.78 is 10.3. The fourth-order valence-corrected chi connectivity index (χ4v) is 4.02. The number of phenols is 1. The van der Waals surface area contributed by atoms with Gasteiger partial charge in [-0.1, -0.05) is 35.5 Å². The summed E-state index contributed by atoms with van der Waals surface area (Å²) in [5.41, 5.74) is 14.9. The highest BCUT2D eigenvalue weighted by Crippen LogP contribution is 2.23. The van der Waals surface area contributed by atoms with E-state index >= 15 is 0 Å². The van der Waals surface area contributed by atoms with E-state index in [2.05, 4.69) is 15.5 Å². The first-order valence-electron chi connectivity index (χ1n) is 11.9. The quantitative estimate of drug-likeness (QED) is 0.278. The minimum Gasteiger partial charge on any atom is -0.508 e. The Morgan fingerprint density at radius 1 is 1.14 bits per heavy atom. The molecule has 2 aromatic carbocycles. The Morgan fingerprint density at radius 2 is 1.83 bits per heavy atom. The van der Waals surface area contributed by atoms with Gasteiger partial charge in [0.25, 0.3) is 0 Å². The van der Waals surface area contributed by atoms with E-state index in [4.69, 9.17) is 20.7 Å². The van der Waals surface area contributed by atoms with E-state index in [0.29, 0.717) is 37.9 Å². The summed E-state index contributed by atoms with van der Waals surface area (Å²) in [6.07, 6.45) is 1.62. The van der Waals surface area contributed by atoms with E-state index in [0.717, 1.165) is 22.3 Å². The maximum atomic E-state index is 13.0. The van der Waals surface area contributed by atoms with Gasteiger partial charge in [0.05, 0.1) is 12.6 Å². The van der Waals surface area contributed by atoms with Gasteiger partial charge in [-0.15, -0.1) is 0 Å². The van der Waals surface area contributed by atoms with Crippen LogP contribution in [0.15, 0.2) is 47.0 Å². The Kier molecular flexibility index (Phi) is 9.40. The molecule has 10 heteroatoms. The third kappa shape index (κ3) is 7.81. The van der Waals surface area contributed by atoms with Gasteiger partial charge in [-0.05, 0) is 73.9 Å². The molecule has 1 aromatic heterocycles. The largest absolute Gasteiger partial charge is 0.508 e. The normalized spacial score (nSPS) is 12.6. The number of nitrogens with zero attached hydrogens (tertiary/aromatic N) is 2. The van der Waals surface area contributed by atoms with Gasteiger partial charge in [-0.3, -0.25) is 4.79 Å². The first kappa shape index (κ1) is 26.7. The number of carbonyl (C=O) groups excluding carboxylic acids is 2.